The quantitative estimate of drug-likeness (QED) is 0.174. The maximum atomic E-state index is 4.65. The Morgan fingerprint density at radius 1 is 0.458 bits per heavy atom. The second-order valence-corrected chi connectivity index (χ2v) is 14.2. The summed E-state index contributed by atoms with van der Waals surface area (Å²) in [7, 11) is -0.919. The molecule has 0 unspecified atom stereocenters. The van der Waals surface area contributed by atoms with Gasteiger partial charge in [0.05, 0.1) is 41.3 Å². The molecule has 0 spiro atoms. The van der Waals surface area contributed by atoms with Crippen LogP contribution in [-0.4, -0.2) is 18.3 Å². The minimum absolute atomic E-state index is 0.919. The van der Waals surface area contributed by atoms with E-state index in [2.05, 4.69) is 176 Å². The minimum atomic E-state index is -0.919. The molecule has 0 saturated heterocycles. The third kappa shape index (κ3) is 4.03. The summed E-state index contributed by atoms with van der Waals surface area (Å²) in [4.78, 5) is 4.65. The van der Waals surface area contributed by atoms with Gasteiger partial charge in [-0.2, -0.15) is 0 Å². The van der Waals surface area contributed by atoms with Gasteiger partial charge < -0.3 is 4.34 Å². The molecule has 6 aromatic carbocycles. The number of nitrogens with zero attached hydrogens (tertiary/aromatic N) is 4. The first-order valence-electron chi connectivity index (χ1n) is 16.2. The van der Waals surface area contributed by atoms with Crippen LogP contribution in [-0.2, 0) is 0 Å². The maximum Gasteiger partial charge on any atom is 0.123 e. The van der Waals surface area contributed by atoms with Gasteiger partial charge in [0.2, 0.25) is 0 Å². The van der Waals surface area contributed by atoms with Gasteiger partial charge in [-0.25, -0.2) is 0 Å². The number of fused-ring (bicyclic) bond motifs is 9. The van der Waals surface area contributed by atoms with Crippen LogP contribution >= 0.6 is 8.07 Å². The lowest BCUT2D eigenvalue weighted by Gasteiger charge is -2.23. The van der Waals surface area contributed by atoms with E-state index in [4.69, 9.17) is 0 Å². The monoisotopic (exact) mass is 632 g/mol. The first-order valence-corrected chi connectivity index (χ1v) is 17.5. The molecule has 0 aliphatic carbocycles. The van der Waals surface area contributed by atoms with Gasteiger partial charge in [-0.15, -0.1) is 0 Å². The molecule has 0 saturated carbocycles. The van der Waals surface area contributed by atoms with E-state index in [1.165, 1.54) is 54.4 Å². The normalized spacial score (nSPS) is 11.9. The molecule has 4 aromatic heterocycles. The van der Waals surface area contributed by atoms with E-state index in [9.17, 15) is 0 Å². The number of hydrogen-bond donors (Lipinski definition) is 0. The Morgan fingerprint density at radius 2 is 1.15 bits per heavy atom. The molecule has 4 nitrogen and oxygen atoms in total. The number of imidazole rings is 1. The van der Waals surface area contributed by atoms with Crippen LogP contribution in [0.3, 0.4) is 0 Å². The number of benzene rings is 6. The topological polar surface area (TPSA) is 27.2 Å². The molecule has 10 aromatic rings. The van der Waals surface area contributed by atoms with Gasteiger partial charge in [-0.3, -0.25) is 14.0 Å². The highest BCUT2D eigenvalue weighted by molar-refractivity contribution is 7.72. The average Bonchev–Trinajstić information content (AvgIpc) is 3.80. The molecule has 0 fully saturated rings. The summed E-state index contributed by atoms with van der Waals surface area (Å²) in [5, 5.41) is 6.45. The van der Waals surface area contributed by atoms with E-state index in [1.54, 1.807) is 0 Å². The van der Waals surface area contributed by atoms with E-state index < -0.39 is 8.07 Å². The molecule has 0 radical (unpaired) electrons. The van der Waals surface area contributed by atoms with Crippen LogP contribution in [0.2, 0.25) is 0 Å². The standard InChI is InChI=1S/C43H29N4P/c1-3-16-32(17-4-1)48(33-18-5-2-6-19-33)47-39-22-8-7-20-34(39)35-25-26-38-36(43(35)47)29-42-45(40-23-9-10-24-41(40)46(38)42)31-15-13-14-30(28-31)37-21-11-12-27-44-37/h1-29H. The van der Waals surface area contributed by atoms with Crippen molar-refractivity contribution < 1.29 is 0 Å². The zero-order chi connectivity index (χ0) is 31.6. The average molecular weight is 633 g/mol. The highest BCUT2D eigenvalue weighted by Crippen LogP contribution is 2.47. The van der Waals surface area contributed by atoms with Crippen molar-refractivity contribution in [2.45, 2.75) is 0 Å². The van der Waals surface area contributed by atoms with Crippen LogP contribution in [0.1, 0.15) is 0 Å². The van der Waals surface area contributed by atoms with E-state index in [1.807, 2.05) is 18.3 Å². The van der Waals surface area contributed by atoms with Crippen molar-refractivity contribution in [3.63, 3.8) is 0 Å². The lowest BCUT2D eigenvalue weighted by atomic mass is 10.1. The molecule has 0 atom stereocenters. The van der Waals surface area contributed by atoms with Crippen LogP contribution < -0.4 is 10.6 Å². The van der Waals surface area contributed by atoms with Crippen LogP contribution in [0, 0.1) is 0 Å². The number of para-hydroxylation sites is 3. The summed E-state index contributed by atoms with van der Waals surface area (Å²) in [6.45, 7) is 0. The van der Waals surface area contributed by atoms with Gasteiger partial charge >= 0.3 is 0 Å². The summed E-state index contributed by atoms with van der Waals surface area (Å²) in [6.07, 6.45) is 1.86. The van der Waals surface area contributed by atoms with Gasteiger partial charge in [0, 0.05) is 44.2 Å². The molecule has 0 aliphatic rings. The largest absolute Gasteiger partial charge is 0.310 e. The Bertz CT molecular complexity index is 2740. The number of pyridine rings is 1. The number of rotatable bonds is 5. The first-order chi connectivity index (χ1) is 23.8. The molecule has 0 amide bonds. The molecular weight excluding hydrogens is 603 g/mol. The van der Waals surface area contributed by atoms with Crippen LogP contribution in [0.5, 0.6) is 0 Å². The fourth-order valence-electron chi connectivity index (χ4n) is 7.42. The summed E-state index contributed by atoms with van der Waals surface area (Å²) in [5.74, 6) is 0. The first kappa shape index (κ1) is 27.2. The Morgan fingerprint density at radius 3 is 1.90 bits per heavy atom. The molecule has 226 valence electrons. The second-order valence-electron chi connectivity index (χ2n) is 12.1. The smallest absolute Gasteiger partial charge is 0.123 e. The predicted octanol–water partition coefficient (Wildman–Crippen LogP) is 10.1. The van der Waals surface area contributed by atoms with E-state index >= 15 is 0 Å². The van der Waals surface area contributed by atoms with Crippen LogP contribution in [0.15, 0.2) is 176 Å². The molecule has 48 heavy (non-hydrogen) atoms. The highest BCUT2D eigenvalue weighted by Gasteiger charge is 2.25. The van der Waals surface area contributed by atoms with Gasteiger partial charge in [0.25, 0.3) is 0 Å². The van der Waals surface area contributed by atoms with E-state index in [-0.39, 0.29) is 0 Å². The molecule has 0 bridgehead atoms. The highest BCUT2D eigenvalue weighted by atomic mass is 31.1. The maximum absolute atomic E-state index is 4.65. The lowest BCUT2D eigenvalue weighted by molar-refractivity contribution is 1.15. The van der Waals surface area contributed by atoms with E-state index in [0.717, 1.165) is 22.6 Å². The van der Waals surface area contributed by atoms with Crippen molar-refractivity contribution in [1.29, 1.82) is 0 Å². The SMILES string of the molecule is c1ccc(P(c2ccccc2)n2c3ccccc3c3ccc4c(cc5n(-c6cccc(-c7ccccn7)c6)c6ccccc6n45)c32)cc1. The molecule has 10 rings (SSSR count). The minimum Gasteiger partial charge on any atom is -0.310 e. The summed E-state index contributed by atoms with van der Waals surface area (Å²) < 4.78 is 7.48. The van der Waals surface area contributed by atoms with Crippen molar-refractivity contribution in [3.8, 4) is 16.9 Å². The Balaban J connectivity index is 1.33. The Hall–Kier alpha value is -5.96. The Kier molecular flexibility index (Phi) is 6.12. The summed E-state index contributed by atoms with van der Waals surface area (Å²) in [6, 6.07) is 61.5. The van der Waals surface area contributed by atoms with Crippen molar-refractivity contribution in [3.05, 3.63) is 176 Å². The second kappa shape index (κ2) is 10.8. The van der Waals surface area contributed by atoms with Gasteiger partial charge in [0.1, 0.15) is 5.65 Å². The molecular formula is C43H29N4P. The molecule has 4 heterocycles. The number of aromatic nitrogens is 4. The lowest BCUT2D eigenvalue weighted by Crippen LogP contribution is -2.16. The van der Waals surface area contributed by atoms with Crippen molar-refractivity contribution in [2.75, 3.05) is 0 Å². The molecule has 5 heteroatoms. The third-order valence-corrected chi connectivity index (χ3v) is 11.8. The fourth-order valence-corrected chi connectivity index (χ4v) is 9.90. The molecule has 0 N–H and O–H groups in total. The predicted molar refractivity (Wildman–Crippen MR) is 202 cm³/mol. The van der Waals surface area contributed by atoms with Crippen molar-refractivity contribution in [1.82, 2.24) is 18.3 Å². The number of hydrogen-bond acceptors (Lipinski definition) is 1. The van der Waals surface area contributed by atoms with Crippen molar-refractivity contribution in [2.24, 2.45) is 0 Å². The van der Waals surface area contributed by atoms with Crippen LogP contribution in [0.4, 0.5) is 0 Å². The fraction of sp³-hybridized carbons (Fsp3) is 0. The zero-order valence-corrected chi connectivity index (χ0v) is 26.9. The Labute approximate surface area is 278 Å². The van der Waals surface area contributed by atoms with Gasteiger partial charge in [-0.1, -0.05) is 115 Å². The van der Waals surface area contributed by atoms with Crippen LogP contribution in [0.25, 0.3) is 66.3 Å². The van der Waals surface area contributed by atoms with Gasteiger partial charge in [-0.05, 0) is 54.6 Å². The summed E-state index contributed by atoms with van der Waals surface area (Å²) in [5.41, 5.74) is 10.4. The van der Waals surface area contributed by atoms with Crippen molar-refractivity contribution >= 4 is 68.1 Å². The van der Waals surface area contributed by atoms with Gasteiger partial charge in [0.15, 0.2) is 0 Å². The third-order valence-electron chi connectivity index (χ3n) is 9.43. The summed E-state index contributed by atoms with van der Waals surface area (Å²) >= 11 is 0. The zero-order valence-electron chi connectivity index (χ0n) is 26.0. The molecule has 0 aliphatic heterocycles. The van der Waals surface area contributed by atoms with E-state index in [0.29, 0.717) is 0 Å².